The van der Waals surface area contributed by atoms with Crippen molar-refractivity contribution in [1.82, 2.24) is 16.0 Å². The quantitative estimate of drug-likeness (QED) is 0.0223. The number of aliphatic hydroxyl groups is 16. The molecule has 0 aromatic heterocycles. The predicted molar refractivity (Wildman–Crippen MR) is 376 cm³/mol. The van der Waals surface area contributed by atoms with Gasteiger partial charge in [0.2, 0.25) is 23.5 Å². The maximum absolute atomic E-state index is 13.7. The minimum Gasteiger partial charge on any atom is -0.544 e. The van der Waals surface area contributed by atoms with Gasteiger partial charge in [-0.25, -0.2) is 0 Å². The van der Waals surface area contributed by atoms with Crippen molar-refractivity contribution in [2.45, 2.75) is 385 Å². The Morgan fingerprint density at radius 3 is 1.45 bits per heavy atom. The van der Waals surface area contributed by atoms with Gasteiger partial charge in [-0.15, -0.1) is 0 Å². The standard InChI is InChI=1S/C73H131N3O31/c1-5-7-9-11-13-15-17-19-20-22-24-26-28-30-32-34-52(87)76-44(45(84)33-31-29-27-25-23-21-18-16-14-12-10-8-6-2)41-98-69-61(94)59(92)63(50(39-80)101-69)103-71-62(95)67(107-73(72(96)97)35-46(85)53(74-42(3)82)66(106-73)55(88)47(86)36-77)64(51(40-81)102-71)104-68-54(75-43(4)83)65(57(90)49(38-79)99-68)105-70-60(93)58(91)56(89)48(37-78)100-70/h31,33,44-51,53-71,77-81,84-86,88-95H,5-30,32,34-41H2,1-4H3,(H,74,82)(H,75,83)(H,76,87)(H,96,97)/p-1/b33-31+/t44-,45+,46?,47?,48?,49?,50?,51?,53?,54?,55?,56?,57?,58?,59?,60?,61?,62?,63?,64?,65?,66?,67?,68?,69?,70?,71?,73?/m0/s1. The Kier molecular flexibility index (Phi) is 44.0. The summed E-state index contributed by atoms with van der Waals surface area (Å²) < 4.78 is 59.9. The summed E-state index contributed by atoms with van der Waals surface area (Å²) in [5.41, 5.74) is 0. The van der Waals surface area contributed by atoms with Crippen molar-refractivity contribution in [2.75, 3.05) is 39.6 Å². The summed E-state index contributed by atoms with van der Waals surface area (Å²) in [6.07, 6.45) is -17.3. The van der Waals surface area contributed by atoms with Gasteiger partial charge < -0.3 is 155 Å². The van der Waals surface area contributed by atoms with E-state index in [9.17, 15) is 106 Å². The van der Waals surface area contributed by atoms with E-state index in [1.54, 1.807) is 0 Å². The highest BCUT2D eigenvalue weighted by Crippen LogP contribution is 2.41. The number of carboxylic acid groups (broad SMARTS) is 1. The minimum absolute atomic E-state index is 0.132. The van der Waals surface area contributed by atoms with Crippen molar-refractivity contribution in [2.24, 2.45) is 0 Å². The second-order valence-electron chi connectivity index (χ2n) is 29.3. The van der Waals surface area contributed by atoms with E-state index >= 15 is 0 Å². The third kappa shape index (κ3) is 29.2. The van der Waals surface area contributed by atoms with Gasteiger partial charge in [0.1, 0.15) is 122 Å². The SMILES string of the molecule is CCCCCCCCCCCCC/C=C/[C@@H](O)[C@H](COC1OC(CO)C(OC2OC(CO)C(OC3OC(CO)C(O)C(OC4OC(CO)C(O)C(O)C4O)C3NC(C)=O)C(OC3(C(=O)[O-])CC(O)C(NC(C)=O)C(C(O)C(O)CO)O3)C2O)C(O)C1O)NC(=O)CCCCCCCCCCCCCCCCC. The molecule has 5 rings (SSSR count). The number of allylic oxidation sites excluding steroid dienone is 1. The van der Waals surface area contributed by atoms with E-state index in [4.69, 9.17) is 47.4 Å². The lowest BCUT2D eigenvalue weighted by Crippen LogP contribution is -2.73. The first kappa shape index (κ1) is 94.2. The number of unbranched alkanes of at least 4 members (excludes halogenated alkanes) is 25. The van der Waals surface area contributed by atoms with Gasteiger partial charge in [-0.2, -0.15) is 0 Å². The Hall–Kier alpha value is -3.42. The number of carbonyl (C=O) groups is 4. The molecule has 0 aromatic carbocycles. The van der Waals surface area contributed by atoms with Crippen LogP contribution in [0.15, 0.2) is 12.2 Å². The molecule has 19 N–H and O–H groups in total. The minimum atomic E-state index is -3.49. The maximum atomic E-state index is 13.7. The van der Waals surface area contributed by atoms with Gasteiger partial charge in [0.25, 0.3) is 0 Å². The molecule has 0 bridgehead atoms. The normalized spacial score (nSPS) is 34.6. The summed E-state index contributed by atoms with van der Waals surface area (Å²) in [5.74, 6) is -8.10. The lowest BCUT2D eigenvalue weighted by atomic mass is 9.88. The third-order valence-electron chi connectivity index (χ3n) is 20.6. The molecule has 5 aliphatic heterocycles. The smallest absolute Gasteiger partial charge is 0.220 e. The van der Waals surface area contributed by atoms with Crippen molar-refractivity contribution >= 4 is 23.7 Å². The fourth-order valence-corrected chi connectivity index (χ4v) is 14.3. The number of aliphatic hydroxyl groups excluding tert-OH is 16. The zero-order valence-electron chi connectivity index (χ0n) is 62.8. The Labute approximate surface area is 627 Å². The molecular formula is C73H130N3O31-. The largest absolute Gasteiger partial charge is 0.544 e. The molecule has 0 aromatic rings. The number of carbonyl (C=O) groups excluding carboxylic acids is 4. The summed E-state index contributed by atoms with van der Waals surface area (Å²) >= 11 is 0. The lowest BCUT2D eigenvalue weighted by molar-refractivity contribution is -0.421. The molecule has 34 nitrogen and oxygen atoms in total. The number of amides is 3. The Balaban J connectivity index is 1.40. The highest BCUT2D eigenvalue weighted by Gasteiger charge is 2.61. The van der Waals surface area contributed by atoms with Gasteiger partial charge in [-0.3, -0.25) is 14.4 Å². The van der Waals surface area contributed by atoms with Crippen LogP contribution in [-0.4, -0.2) is 316 Å². The average Bonchev–Trinajstić information content (AvgIpc) is 0.750. The topological polar surface area (TPSA) is 543 Å². The van der Waals surface area contributed by atoms with Crippen LogP contribution in [0.2, 0.25) is 0 Å². The Morgan fingerprint density at radius 2 is 0.935 bits per heavy atom. The summed E-state index contributed by atoms with van der Waals surface area (Å²) in [4.78, 5) is 52.8. The van der Waals surface area contributed by atoms with Gasteiger partial charge >= 0.3 is 0 Å². The van der Waals surface area contributed by atoms with E-state index in [1.807, 2.05) is 6.08 Å². The molecule has 0 aliphatic carbocycles. The first-order valence-corrected chi connectivity index (χ1v) is 39.1. The van der Waals surface area contributed by atoms with Crippen LogP contribution >= 0.6 is 0 Å². The number of ether oxygens (including phenoxy) is 10. The number of carboxylic acids is 1. The molecule has 0 spiro atoms. The Morgan fingerprint density at radius 1 is 0.495 bits per heavy atom. The molecule has 5 heterocycles. The molecule has 28 atom stereocenters. The molecular weight excluding hydrogens is 1410 g/mol. The number of hydrogen-bond donors (Lipinski definition) is 19. The van der Waals surface area contributed by atoms with E-state index in [0.717, 1.165) is 71.6 Å². The summed E-state index contributed by atoms with van der Waals surface area (Å²) in [6, 6.07) is -4.85. The van der Waals surface area contributed by atoms with Gasteiger partial charge in [0, 0.05) is 26.7 Å². The van der Waals surface area contributed by atoms with Gasteiger partial charge in [-0.05, 0) is 19.3 Å². The monoisotopic (exact) mass is 1540 g/mol. The van der Waals surface area contributed by atoms with Gasteiger partial charge in [-0.1, -0.05) is 180 Å². The fourth-order valence-electron chi connectivity index (χ4n) is 14.3. The molecule has 34 heteroatoms. The maximum Gasteiger partial charge on any atom is 0.220 e. The van der Waals surface area contributed by atoms with Crippen LogP contribution in [-0.2, 0) is 66.5 Å². The van der Waals surface area contributed by atoms with Crippen molar-refractivity contribution in [3.8, 4) is 0 Å². The number of nitrogens with one attached hydrogen (secondary N) is 3. The van der Waals surface area contributed by atoms with E-state index in [-0.39, 0.29) is 12.3 Å². The van der Waals surface area contributed by atoms with Crippen LogP contribution in [0.1, 0.15) is 214 Å². The first-order chi connectivity index (χ1) is 51.3. The number of rotatable bonds is 52. The Bertz CT molecular complexity index is 2500. The molecule has 5 fully saturated rings. The molecule has 5 aliphatic rings. The van der Waals surface area contributed by atoms with E-state index in [0.29, 0.717) is 12.8 Å². The van der Waals surface area contributed by atoms with Crippen LogP contribution in [0, 0.1) is 0 Å². The fraction of sp³-hybridized carbons (Fsp3) is 0.918. The van der Waals surface area contributed by atoms with E-state index in [2.05, 4.69) is 29.8 Å². The molecule has 0 saturated carbocycles. The molecule has 107 heavy (non-hydrogen) atoms. The second kappa shape index (κ2) is 49.9. The zero-order valence-corrected chi connectivity index (χ0v) is 62.8. The van der Waals surface area contributed by atoms with Crippen LogP contribution in [0.5, 0.6) is 0 Å². The molecule has 5 saturated heterocycles. The zero-order chi connectivity index (χ0) is 78.8. The van der Waals surface area contributed by atoms with Crippen LogP contribution in [0.4, 0.5) is 0 Å². The van der Waals surface area contributed by atoms with Crippen molar-refractivity contribution < 1.29 is 153 Å². The summed E-state index contributed by atoms with van der Waals surface area (Å²) in [7, 11) is 0. The van der Waals surface area contributed by atoms with Crippen LogP contribution in [0.3, 0.4) is 0 Å². The lowest BCUT2D eigenvalue weighted by Gasteiger charge is -2.54. The van der Waals surface area contributed by atoms with Crippen molar-refractivity contribution in [1.29, 1.82) is 0 Å². The average molecular weight is 1550 g/mol. The molecule has 26 unspecified atom stereocenters. The van der Waals surface area contributed by atoms with Crippen LogP contribution in [0.25, 0.3) is 0 Å². The predicted octanol–water partition coefficient (Wildman–Crippen LogP) is -2.38. The highest BCUT2D eigenvalue weighted by atomic mass is 16.8. The van der Waals surface area contributed by atoms with E-state index < -0.39 is 235 Å². The molecule has 3 amide bonds. The van der Waals surface area contributed by atoms with Gasteiger partial charge in [0.15, 0.2) is 25.2 Å². The third-order valence-corrected chi connectivity index (χ3v) is 20.6. The number of aliphatic carboxylic acids is 1. The highest BCUT2D eigenvalue weighted by molar-refractivity contribution is 5.76. The van der Waals surface area contributed by atoms with Crippen molar-refractivity contribution in [3.63, 3.8) is 0 Å². The van der Waals surface area contributed by atoms with Crippen molar-refractivity contribution in [3.05, 3.63) is 12.2 Å². The van der Waals surface area contributed by atoms with E-state index in [1.165, 1.54) is 109 Å². The van der Waals surface area contributed by atoms with Gasteiger partial charge in [0.05, 0.1) is 63.9 Å². The molecule has 624 valence electrons. The number of hydrogen-bond acceptors (Lipinski definition) is 31. The second-order valence-corrected chi connectivity index (χ2v) is 29.3. The first-order valence-electron chi connectivity index (χ1n) is 39.1. The molecule has 0 radical (unpaired) electrons. The summed E-state index contributed by atoms with van der Waals surface area (Å²) in [5, 5.41) is 199. The van der Waals surface area contributed by atoms with Crippen LogP contribution < -0.4 is 21.1 Å². The summed E-state index contributed by atoms with van der Waals surface area (Å²) in [6.45, 7) is 0.239.